The van der Waals surface area contributed by atoms with Crippen LogP contribution >= 0.6 is 0 Å². The molecule has 1 heterocycles. The zero-order chi connectivity index (χ0) is 21.5. The van der Waals surface area contributed by atoms with Crippen LogP contribution in [0, 0.1) is 13.8 Å². The van der Waals surface area contributed by atoms with Crippen LogP contribution in [0.4, 0.5) is 17.1 Å². The highest BCUT2D eigenvalue weighted by molar-refractivity contribution is 7.92. The van der Waals surface area contributed by atoms with E-state index in [4.69, 9.17) is 0 Å². The summed E-state index contributed by atoms with van der Waals surface area (Å²) in [6.07, 6.45) is 0. The number of hydrogen-bond donors (Lipinski definition) is 1. The second-order valence-electron chi connectivity index (χ2n) is 7.28. The van der Waals surface area contributed by atoms with Gasteiger partial charge in [-0.2, -0.15) is 0 Å². The van der Waals surface area contributed by atoms with Gasteiger partial charge >= 0.3 is 0 Å². The van der Waals surface area contributed by atoms with E-state index in [0.29, 0.717) is 11.4 Å². The van der Waals surface area contributed by atoms with Crippen molar-refractivity contribution in [3.05, 3.63) is 83.4 Å². The number of sulfonamides is 1. The topological polar surface area (TPSA) is 78.8 Å². The van der Waals surface area contributed by atoms with Crippen molar-refractivity contribution in [1.82, 2.24) is 0 Å². The number of para-hydroxylation sites is 2. The maximum atomic E-state index is 12.8. The minimum absolute atomic E-state index is 0.160. The average Bonchev–Trinajstić information content (AvgIpc) is 2.94. The Kier molecular flexibility index (Phi) is 4.91. The average molecular weight is 420 g/mol. The number of aliphatic imine (C=N–C) groups is 1. The quantitative estimate of drug-likeness (QED) is 0.688. The van der Waals surface area contributed by atoms with E-state index in [2.05, 4.69) is 9.71 Å². The Labute approximate surface area is 175 Å². The maximum absolute atomic E-state index is 12.8. The molecule has 0 spiro atoms. The lowest BCUT2D eigenvalue weighted by molar-refractivity contribution is -0.111. The van der Waals surface area contributed by atoms with Crippen LogP contribution in [0.1, 0.15) is 16.7 Å². The van der Waals surface area contributed by atoms with Crippen molar-refractivity contribution < 1.29 is 13.2 Å². The van der Waals surface area contributed by atoms with Crippen molar-refractivity contribution >= 4 is 38.7 Å². The molecule has 1 amide bonds. The molecule has 6 nitrogen and oxygen atoms in total. The number of aryl methyl sites for hydroxylation is 2. The number of fused-ring (bicyclic) bond motifs is 1. The van der Waals surface area contributed by atoms with E-state index in [-0.39, 0.29) is 16.5 Å². The predicted octanol–water partition coefficient (Wildman–Crippen LogP) is 4.20. The van der Waals surface area contributed by atoms with Crippen molar-refractivity contribution in [3.63, 3.8) is 0 Å². The van der Waals surface area contributed by atoms with Gasteiger partial charge in [-0.3, -0.25) is 9.52 Å². The van der Waals surface area contributed by atoms with Gasteiger partial charge in [0.05, 0.1) is 22.0 Å². The van der Waals surface area contributed by atoms with Gasteiger partial charge < -0.3 is 4.90 Å². The lowest BCUT2D eigenvalue weighted by atomic mass is 10.1. The molecule has 152 valence electrons. The van der Waals surface area contributed by atoms with Gasteiger partial charge in [-0.25, -0.2) is 13.4 Å². The smallest absolute Gasteiger partial charge is 0.277 e. The second-order valence-corrected chi connectivity index (χ2v) is 8.96. The van der Waals surface area contributed by atoms with Gasteiger partial charge in [0.2, 0.25) is 0 Å². The number of carbonyl (C=O) groups excluding carboxylic acids is 1. The Morgan fingerprint density at radius 3 is 2.30 bits per heavy atom. The predicted molar refractivity (Wildman–Crippen MR) is 119 cm³/mol. The summed E-state index contributed by atoms with van der Waals surface area (Å²) in [4.78, 5) is 19.1. The van der Waals surface area contributed by atoms with E-state index < -0.39 is 10.0 Å². The number of amides is 1. The third-order valence-corrected chi connectivity index (χ3v) is 6.37. The molecule has 0 saturated heterocycles. The first-order chi connectivity index (χ1) is 14.3. The molecule has 0 fully saturated rings. The third-order valence-electron chi connectivity index (χ3n) is 4.99. The van der Waals surface area contributed by atoms with E-state index in [0.717, 1.165) is 22.4 Å². The highest BCUT2D eigenvalue weighted by atomic mass is 32.2. The summed E-state index contributed by atoms with van der Waals surface area (Å²) in [7, 11) is -2.09. The Hall–Kier alpha value is -3.45. The summed E-state index contributed by atoms with van der Waals surface area (Å²) in [6.45, 7) is 3.84. The first kappa shape index (κ1) is 19.8. The molecular weight excluding hydrogens is 398 g/mol. The minimum Gasteiger partial charge on any atom is -0.309 e. The van der Waals surface area contributed by atoms with Crippen LogP contribution < -0.4 is 9.62 Å². The standard InChI is InChI=1S/C23H21N3O3S/c1-15-8-11-17(12-9-15)30(28,29)25-20-7-5-4-6-19(20)24-22-18-14-16(2)10-13-21(18)26(3)23(22)27/h4-14,25H,1-3H3. The van der Waals surface area contributed by atoms with Gasteiger partial charge in [0.15, 0.2) is 0 Å². The van der Waals surface area contributed by atoms with Crippen LogP contribution in [0.2, 0.25) is 0 Å². The molecule has 4 rings (SSSR count). The minimum atomic E-state index is -3.79. The molecule has 3 aromatic carbocycles. The monoisotopic (exact) mass is 419 g/mol. The van der Waals surface area contributed by atoms with Crippen LogP contribution in [0.3, 0.4) is 0 Å². The number of nitrogens with one attached hydrogen (secondary N) is 1. The summed E-state index contributed by atoms with van der Waals surface area (Å²) in [5, 5.41) is 0. The van der Waals surface area contributed by atoms with Gasteiger partial charge in [0.1, 0.15) is 5.71 Å². The molecule has 0 bridgehead atoms. The summed E-state index contributed by atoms with van der Waals surface area (Å²) in [5.41, 5.74) is 4.47. The van der Waals surface area contributed by atoms with Gasteiger partial charge in [0.25, 0.3) is 15.9 Å². The Balaban J connectivity index is 1.76. The second kappa shape index (κ2) is 7.42. The van der Waals surface area contributed by atoms with Crippen LogP contribution in [-0.4, -0.2) is 27.1 Å². The fourth-order valence-electron chi connectivity index (χ4n) is 3.32. The van der Waals surface area contributed by atoms with Gasteiger partial charge in [-0.15, -0.1) is 0 Å². The van der Waals surface area contributed by atoms with Crippen LogP contribution in [-0.2, 0) is 14.8 Å². The number of rotatable bonds is 4. The fraction of sp³-hybridized carbons (Fsp3) is 0.130. The van der Waals surface area contributed by atoms with Crippen molar-refractivity contribution in [2.45, 2.75) is 18.7 Å². The van der Waals surface area contributed by atoms with Crippen molar-refractivity contribution in [2.75, 3.05) is 16.7 Å². The summed E-state index contributed by atoms with van der Waals surface area (Å²) in [5.74, 6) is -0.230. The number of likely N-dealkylation sites (N-methyl/N-ethyl adjacent to an activating group) is 1. The van der Waals surface area contributed by atoms with E-state index in [9.17, 15) is 13.2 Å². The molecule has 0 saturated carbocycles. The Morgan fingerprint density at radius 1 is 0.900 bits per heavy atom. The number of carbonyl (C=O) groups is 1. The molecule has 1 aliphatic heterocycles. The van der Waals surface area contributed by atoms with Crippen molar-refractivity contribution in [2.24, 2.45) is 4.99 Å². The first-order valence-corrected chi connectivity index (χ1v) is 10.9. The highest BCUT2D eigenvalue weighted by Crippen LogP contribution is 2.33. The van der Waals surface area contributed by atoms with Crippen LogP contribution in [0.15, 0.2) is 76.6 Å². The first-order valence-electron chi connectivity index (χ1n) is 9.42. The Bertz CT molecular complexity index is 1280. The van der Waals surface area contributed by atoms with E-state index in [1.165, 1.54) is 0 Å². The molecule has 30 heavy (non-hydrogen) atoms. The number of anilines is 2. The molecule has 0 unspecified atom stereocenters. The highest BCUT2D eigenvalue weighted by Gasteiger charge is 2.31. The fourth-order valence-corrected chi connectivity index (χ4v) is 4.40. The molecule has 1 N–H and O–H groups in total. The molecule has 3 aromatic rings. The number of hydrogen-bond acceptors (Lipinski definition) is 4. The maximum Gasteiger partial charge on any atom is 0.277 e. The molecule has 7 heteroatoms. The molecule has 1 aliphatic rings. The molecule has 0 radical (unpaired) electrons. The molecular formula is C23H21N3O3S. The lowest BCUT2D eigenvalue weighted by Crippen LogP contribution is -2.25. The third kappa shape index (κ3) is 3.59. The van der Waals surface area contributed by atoms with Crippen LogP contribution in [0.25, 0.3) is 0 Å². The zero-order valence-corrected chi connectivity index (χ0v) is 17.7. The van der Waals surface area contributed by atoms with Gasteiger partial charge in [0, 0.05) is 12.6 Å². The van der Waals surface area contributed by atoms with E-state index in [1.54, 1.807) is 60.5 Å². The van der Waals surface area contributed by atoms with Crippen molar-refractivity contribution in [1.29, 1.82) is 0 Å². The summed E-state index contributed by atoms with van der Waals surface area (Å²) < 4.78 is 28.3. The SMILES string of the molecule is Cc1ccc(S(=O)(=O)Nc2ccccc2N=C2C(=O)N(C)c3ccc(C)cc32)cc1. The van der Waals surface area contributed by atoms with E-state index in [1.807, 2.05) is 32.0 Å². The lowest BCUT2D eigenvalue weighted by Gasteiger charge is -2.11. The zero-order valence-electron chi connectivity index (χ0n) is 16.9. The van der Waals surface area contributed by atoms with Crippen molar-refractivity contribution in [3.8, 4) is 0 Å². The Morgan fingerprint density at radius 2 is 1.57 bits per heavy atom. The van der Waals surface area contributed by atoms with Crippen LogP contribution in [0.5, 0.6) is 0 Å². The summed E-state index contributed by atoms with van der Waals surface area (Å²) in [6, 6.07) is 19.1. The summed E-state index contributed by atoms with van der Waals surface area (Å²) >= 11 is 0. The molecule has 0 aliphatic carbocycles. The molecule has 0 atom stereocenters. The number of benzene rings is 3. The van der Waals surface area contributed by atoms with Gasteiger partial charge in [-0.1, -0.05) is 41.5 Å². The van der Waals surface area contributed by atoms with Gasteiger partial charge in [-0.05, 0) is 50.2 Å². The molecule has 0 aromatic heterocycles. The number of nitrogens with zero attached hydrogens (tertiary/aromatic N) is 2. The van der Waals surface area contributed by atoms with E-state index >= 15 is 0 Å². The largest absolute Gasteiger partial charge is 0.309 e. The normalized spacial score (nSPS) is 14.8.